The smallest absolute Gasteiger partial charge is 0.253 e. The lowest BCUT2D eigenvalue weighted by Crippen LogP contribution is -2.27. The van der Waals surface area contributed by atoms with Crippen LogP contribution in [0.15, 0.2) is 18.3 Å². The molecule has 1 saturated heterocycles. The van der Waals surface area contributed by atoms with E-state index in [-0.39, 0.29) is 18.6 Å². The third-order valence-corrected chi connectivity index (χ3v) is 3.09. The lowest BCUT2D eigenvalue weighted by Gasteiger charge is -2.12. The fourth-order valence-corrected chi connectivity index (χ4v) is 1.99. The number of hydrogen-bond donors (Lipinski definition) is 3. The average molecular weight is 266 g/mol. The predicted molar refractivity (Wildman–Crippen MR) is 68.5 cm³/mol. The predicted octanol–water partition coefficient (Wildman–Crippen LogP) is 0.613. The van der Waals surface area contributed by atoms with Gasteiger partial charge in [-0.1, -0.05) is 0 Å². The van der Waals surface area contributed by atoms with Crippen LogP contribution < -0.4 is 5.32 Å². The van der Waals surface area contributed by atoms with E-state index in [2.05, 4.69) is 10.3 Å². The van der Waals surface area contributed by atoms with Crippen molar-refractivity contribution in [1.29, 1.82) is 0 Å². The number of nitrogens with one attached hydrogen (secondary N) is 1. The Bertz CT molecular complexity index is 435. The minimum atomic E-state index is -0.997. The minimum Gasteiger partial charge on any atom is -0.393 e. The first-order valence-electron chi connectivity index (χ1n) is 6.31. The van der Waals surface area contributed by atoms with Crippen molar-refractivity contribution in [2.75, 3.05) is 11.9 Å². The molecule has 1 amide bonds. The van der Waals surface area contributed by atoms with Crippen LogP contribution in [0.1, 0.15) is 31.6 Å². The molecule has 0 saturated carbocycles. The first kappa shape index (κ1) is 13.9. The number of carbonyl (C=O) groups is 1. The molecule has 6 heteroatoms. The second-order valence-electron chi connectivity index (χ2n) is 4.67. The Balaban J connectivity index is 1.94. The lowest BCUT2D eigenvalue weighted by molar-refractivity contribution is -0.126. The zero-order valence-electron chi connectivity index (χ0n) is 10.7. The van der Waals surface area contributed by atoms with Gasteiger partial charge < -0.3 is 20.3 Å². The molecule has 0 spiro atoms. The number of carbonyl (C=O) groups excluding carboxylic acids is 1. The van der Waals surface area contributed by atoms with Crippen LogP contribution in [0.25, 0.3) is 0 Å². The molecule has 3 atom stereocenters. The number of hydrogen-bond acceptors (Lipinski definition) is 5. The number of anilines is 1. The molecular weight excluding hydrogens is 248 g/mol. The molecule has 6 nitrogen and oxygen atoms in total. The molecule has 0 aromatic carbocycles. The molecule has 1 aliphatic heterocycles. The van der Waals surface area contributed by atoms with Crippen LogP contribution in [0.2, 0.25) is 0 Å². The van der Waals surface area contributed by atoms with Gasteiger partial charge in [0.15, 0.2) is 0 Å². The summed E-state index contributed by atoms with van der Waals surface area (Å²) in [5.41, 5.74) is 0.910. The van der Waals surface area contributed by atoms with Gasteiger partial charge in [-0.15, -0.1) is 0 Å². The number of pyridine rings is 1. The highest BCUT2D eigenvalue weighted by Gasteiger charge is 2.28. The van der Waals surface area contributed by atoms with Crippen molar-refractivity contribution >= 4 is 11.6 Å². The molecule has 3 N–H and O–H groups in total. The number of amides is 1. The Morgan fingerprint density at radius 1 is 1.58 bits per heavy atom. The van der Waals surface area contributed by atoms with Crippen molar-refractivity contribution in [1.82, 2.24) is 4.98 Å². The molecule has 0 bridgehead atoms. The number of aliphatic hydroxyl groups excluding tert-OH is 2. The van der Waals surface area contributed by atoms with Gasteiger partial charge in [-0.25, -0.2) is 0 Å². The minimum absolute atomic E-state index is 0.121. The molecule has 0 radical (unpaired) electrons. The third kappa shape index (κ3) is 3.50. The Labute approximate surface area is 111 Å². The molecule has 1 fully saturated rings. The molecular formula is C13H18N2O4. The normalized spacial score (nSPS) is 24.2. The van der Waals surface area contributed by atoms with Crippen molar-refractivity contribution in [2.24, 2.45) is 0 Å². The molecule has 1 aliphatic rings. The van der Waals surface area contributed by atoms with E-state index in [0.29, 0.717) is 11.4 Å². The van der Waals surface area contributed by atoms with E-state index >= 15 is 0 Å². The summed E-state index contributed by atoms with van der Waals surface area (Å²) in [4.78, 5) is 15.9. The fraction of sp³-hybridized carbons (Fsp3) is 0.538. The largest absolute Gasteiger partial charge is 0.393 e. The number of rotatable bonds is 4. The monoisotopic (exact) mass is 266 g/mol. The van der Waals surface area contributed by atoms with Crippen molar-refractivity contribution in [3.8, 4) is 0 Å². The Kier molecular flexibility index (Phi) is 4.47. The highest BCUT2D eigenvalue weighted by molar-refractivity contribution is 5.94. The standard InChI is InChI=1S/C13H18N2O4/c1-8-2-5-12(19-8)13(18)15-9-3-4-10(14-6-9)11(17)7-16/h3-4,6,8,11-12,16-17H,2,5,7H2,1H3,(H,15,18). The third-order valence-electron chi connectivity index (χ3n) is 3.09. The maximum atomic E-state index is 11.9. The first-order valence-corrected chi connectivity index (χ1v) is 6.31. The fourth-order valence-electron chi connectivity index (χ4n) is 1.99. The highest BCUT2D eigenvalue weighted by atomic mass is 16.5. The maximum absolute atomic E-state index is 11.9. The van der Waals surface area contributed by atoms with Crippen LogP contribution >= 0.6 is 0 Å². The molecule has 104 valence electrons. The van der Waals surface area contributed by atoms with Gasteiger partial charge >= 0.3 is 0 Å². The van der Waals surface area contributed by atoms with E-state index in [1.54, 1.807) is 12.1 Å². The highest BCUT2D eigenvalue weighted by Crippen LogP contribution is 2.20. The summed E-state index contributed by atoms with van der Waals surface area (Å²) >= 11 is 0. The zero-order chi connectivity index (χ0) is 13.8. The van der Waals surface area contributed by atoms with Gasteiger partial charge in [0.25, 0.3) is 5.91 Å². The van der Waals surface area contributed by atoms with Gasteiger partial charge in [0.2, 0.25) is 0 Å². The zero-order valence-corrected chi connectivity index (χ0v) is 10.7. The van der Waals surface area contributed by atoms with E-state index in [9.17, 15) is 9.90 Å². The number of ether oxygens (including phenoxy) is 1. The summed E-state index contributed by atoms with van der Waals surface area (Å²) in [5.74, 6) is -0.179. The van der Waals surface area contributed by atoms with E-state index in [0.717, 1.165) is 12.8 Å². The molecule has 3 unspecified atom stereocenters. The van der Waals surface area contributed by atoms with E-state index in [1.807, 2.05) is 6.92 Å². The van der Waals surface area contributed by atoms with Crippen molar-refractivity contribution in [3.63, 3.8) is 0 Å². The van der Waals surface area contributed by atoms with Gasteiger partial charge in [-0.3, -0.25) is 9.78 Å². The number of nitrogens with zero attached hydrogens (tertiary/aromatic N) is 1. The summed E-state index contributed by atoms with van der Waals surface area (Å²) in [6.45, 7) is 1.56. The maximum Gasteiger partial charge on any atom is 0.253 e. The molecule has 0 aliphatic carbocycles. The van der Waals surface area contributed by atoms with E-state index in [4.69, 9.17) is 9.84 Å². The van der Waals surface area contributed by atoms with Gasteiger partial charge in [0, 0.05) is 0 Å². The second-order valence-corrected chi connectivity index (χ2v) is 4.67. The van der Waals surface area contributed by atoms with E-state index in [1.165, 1.54) is 6.20 Å². The lowest BCUT2D eigenvalue weighted by atomic mass is 10.2. The average Bonchev–Trinajstić information content (AvgIpc) is 2.85. The first-order chi connectivity index (χ1) is 9.10. The van der Waals surface area contributed by atoms with Gasteiger partial charge in [0.1, 0.15) is 12.2 Å². The van der Waals surface area contributed by atoms with E-state index < -0.39 is 12.2 Å². The van der Waals surface area contributed by atoms with Crippen LogP contribution in [0.4, 0.5) is 5.69 Å². The van der Waals surface area contributed by atoms with Crippen LogP contribution in [0, 0.1) is 0 Å². The number of aliphatic hydroxyl groups is 2. The molecule has 1 aromatic rings. The summed E-state index contributed by atoms with van der Waals surface area (Å²) in [5, 5.41) is 20.9. The molecule has 2 rings (SSSR count). The Morgan fingerprint density at radius 3 is 2.89 bits per heavy atom. The van der Waals surface area contributed by atoms with Gasteiger partial charge in [-0.05, 0) is 31.9 Å². The van der Waals surface area contributed by atoms with Crippen molar-refractivity contribution in [3.05, 3.63) is 24.0 Å². The Morgan fingerprint density at radius 2 is 2.37 bits per heavy atom. The second kappa shape index (κ2) is 6.10. The SMILES string of the molecule is CC1CCC(C(=O)Nc2ccc(C(O)CO)nc2)O1. The number of aromatic nitrogens is 1. The van der Waals surface area contributed by atoms with Gasteiger partial charge in [-0.2, -0.15) is 0 Å². The molecule has 19 heavy (non-hydrogen) atoms. The molecule has 1 aromatic heterocycles. The van der Waals surface area contributed by atoms with Crippen LogP contribution in [-0.4, -0.2) is 39.9 Å². The van der Waals surface area contributed by atoms with Crippen LogP contribution in [-0.2, 0) is 9.53 Å². The molecule has 2 heterocycles. The summed E-state index contributed by atoms with van der Waals surface area (Å²) < 4.78 is 5.47. The van der Waals surface area contributed by atoms with Crippen molar-refractivity contribution in [2.45, 2.75) is 38.1 Å². The van der Waals surface area contributed by atoms with Gasteiger partial charge in [0.05, 0.1) is 30.3 Å². The summed E-state index contributed by atoms with van der Waals surface area (Å²) in [7, 11) is 0. The van der Waals surface area contributed by atoms with Crippen LogP contribution in [0.3, 0.4) is 0 Å². The van der Waals surface area contributed by atoms with Crippen LogP contribution in [0.5, 0.6) is 0 Å². The quantitative estimate of drug-likeness (QED) is 0.742. The topological polar surface area (TPSA) is 91.7 Å². The van der Waals surface area contributed by atoms with Crippen molar-refractivity contribution < 1.29 is 19.7 Å². The summed E-state index contributed by atoms with van der Waals surface area (Å²) in [6.07, 6.45) is 1.78. The summed E-state index contributed by atoms with van der Waals surface area (Å²) in [6, 6.07) is 3.20. The Hall–Kier alpha value is -1.50.